The molecule has 0 bridgehead atoms. The molecule has 1 amide bonds. The van der Waals surface area contributed by atoms with Crippen molar-refractivity contribution in [3.63, 3.8) is 0 Å². The van der Waals surface area contributed by atoms with Crippen LogP contribution in [-0.2, 0) is 0 Å². The molecule has 0 spiro atoms. The molecule has 0 saturated carbocycles. The molecule has 0 saturated heterocycles. The third kappa shape index (κ3) is 2.64. The number of hydrogen-bond acceptors (Lipinski definition) is 2. The second kappa shape index (κ2) is 5.33. The van der Waals surface area contributed by atoms with Crippen molar-refractivity contribution in [2.24, 2.45) is 0 Å². The van der Waals surface area contributed by atoms with E-state index in [1.807, 2.05) is 26.0 Å². The summed E-state index contributed by atoms with van der Waals surface area (Å²) in [7, 11) is 0. The lowest BCUT2D eigenvalue weighted by molar-refractivity contribution is 0.102. The molecule has 2 aromatic carbocycles. The van der Waals surface area contributed by atoms with Gasteiger partial charge in [0.25, 0.3) is 5.91 Å². The summed E-state index contributed by atoms with van der Waals surface area (Å²) in [5.74, 6) is -1.03. The van der Waals surface area contributed by atoms with Gasteiger partial charge in [0, 0.05) is 11.4 Å². The Morgan fingerprint density at radius 1 is 1.15 bits per heavy atom. The summed E-state index contributed by atoms with van der Waals surface area (Å²) in [5.41, 5.74) is 9.05. The van der Waals surface area contributed by atoms with Gasteiger partial charge in [-0.15, -0.1) is 0 Å². The van der Waals surface area contributed by atoms with Crippen molar-refractivity contribution in [1.29, 1.82) is 0 Å². The molecule has 0 aliphatic rings. The van der Waals surface area contributed by atoms with E-state index in [2.05, 4.69) is 5.32 Å². The second-order valence-corrected chi connectivity index (χ2v) is 4.90. The number of benzene rings is 2. The first-order valence-electron chi connectivity index (χ1n) is 6.33. The molecule has 0 aliphatic carbocycles. The normalized spacial score (nSPS) is 10.4. The van der Waals surface area contributed by atoms with E-state index in [9.17, 15) is 9.18 Å². The average molecular weight is 272 g/mol. The van der Waals surface area contributed by atoms with Gasteiger partial charge in [0.1, 0.15) is 5.82 Å². The van der Waals surface area contributed by atoms with Crippen LogP contribution in [0.1, 0.15) is 27.0 Å². The zero-order valence-electron chi connectivity index (χ0n) is 11.8. The molecule has 2 rings (SSSR count). The van der Waals surface area contributed by atoms with Gasteiger partial charge in [-0.1, -0.05) is 12.1 Å². The van der Waals surface area contributed by atoms with Crippen molar-refractivity contribution >= 4 is 17.3 Å². The van der Waals surface area contributed by atoms with Gasteiger partial charge in [-0.05, 0) is 55.7 Å². The largest absolute Gasteiger partial charge is 0.399 e. The van der Waals surface area contributed by atoms with Crippen LogP contribution >= 0.6 is 0 Å². The van der Waals surface area contributed by atoms with Crippen LogP contribution in [0.4, 0.5) is 15.8 Å². The number of hydrogen-bond donors (Lipinski definition) is 2. The Balaban J connectivity index is 2.36. The van der Waals surface area contributed by atoms with Gasteiger partial charge >= 0.3 is 0 Å². The number of halogens is 1. The second-order valence-electron chi connectivity index (χ2n) is 4.90. The molecule has 0 heterocycles. The maximum absolute atomic E-state index is 14.0. The lowest BCUT2D eigenvalue weighted by atomic mass is 10.1. The Bertz CT molecular complexity index is 680. The molecule has 3 N–H and O–H groups in total. The SMILES string of the molecule is Cc1cccc(NC(=O)c2cc(N)cc(C)c2F)c1C. The highest BCUT2D eigenvalue weighted by Crippen LogP contribution is 2.21. The third-order valence-electron chi connectivity index (χ3n) is 3.37. The predicted molar refractivity (Wildman–Crippen MR) is 79.4 cm³/mol. The Labute approximate surface area is 117 Å². The van der Waals surface area contributed by atoms with E-state index >= 15 is 0 Å². The summed E-state index contributed by atoms with van der Waals surface area (Å²) in [6, 6.07) is 8.44. The van der Waals surface area contributed by atoms with E-state index in [0.29, 0.717) is 16.9 Å². The van der Waals surface area contributed by atoms with Crippen LogP contribution in [0.3, 0.4) is 0 Å². The van der Waals surface area contributed by atoms with Gasteiger partial charge in [0.15, 0.2) is 0 Å². The Morgan fingerprint density at radius 2 is 1.85 bits per heavy atom. The molecule has 0 aliphatic heterocycles. The van der Waals surface area contributed by atoms with Crippen molar-refractivity contribution in [1.82, 2.24) is 0 Å². The lowest BCUT2D eigenvalue weighted by Gasteiger charge is -2.12. The average Bonchev–Trinajstić information content (AvgIpc) is 2.39. The molecule has 3 nitrogen and oxygen atoms in total. The zero-order valence-corrected chi connectivity index (χ0v) is 11.8. The van der Waals surface area contributed by atoms with E-state index in [4.69, 9.17) is 5.73 Å². The fourth-order valence-corrected chi connectivity index (χ4v) is 2.04. The topological polar surface area (TPSA) is 55.1 Å². The number of anilines is 2. The molecule has 20 heavy (non-hydrogen) atoms. The quantitative estimate of drug-likeness (QED) is 0.821. The molecule has 0 atom stereocenters. The molecule has 0 aromatic heterocycles. The fraction of sp³-hybridized carbons (Fsp3) is 0.188. The predicted octanol–water partition coefficient (Wildman–Crippen LogP) is 3.59. The molecular weight excluding hydrogens is 255 g/mol. The van der Waals surface area contributed by atoms with Crippen LogP contribution in [0.2, 0.25) is 0 Å². The first kappa shape index (κ1) is 14.1. The Morgan fingerprint density at radius 3 is 2.55 bits per heavy atom. The van der Waals surface area contributed by atoms with Crippen LogP contribution in [0.5, 0.6) is 0 Å². The van der Waals surface area contributed by atoms with Crippen molar-refractivity contribution in [3.05, 3.63) is 58.4 Å². The maximum Gasteiger partial charge on any atom is 0.258 e. The molecule has 4 heteroatoms. The summed E-state index contributed by atoms with van der Waals surface area (Å²) >= 11 is 0. The van der Waals surface area contributed by atoms with Crippen molar-refractivity contribution in [3.8, 4) is 0 Å². The summed E-state index contributed by atoms with van der Waals surface area (Å²) in [4.78, 5) is 12.2. The molecule has 0 radical (unpaired) electrons. The standard InChI is InChI=1S/C16H17FN2O/c1-9-5-4-6-14(11(9)3)19-16(20)13-8-12(18)7-10(2)15(13)17/h4-8H,18H2,1-3H3,(H,19,20). The van der Waals surface area contributed by atoms with Crippen LogP contribution in [0, 0.1) is 26.6 Å². The summed E-state index contributed by atoms with van der Waals surface area (Å²) in [6.45, 7) is 5.45. The third-order valence-corrected chi connectivity index (χ3v) is 3.37. The Hall–Kier alpha value is -2.36. The smallest absolute Gasteiger partial charge is 0.258 e. The van der Waals surface area contributed by atoms with Gasteiger partial charge in [-0.3, -0.25) is 4.79 Å². The zero-order chi connectivity index (χ0) is 14.9. The summed E-state index contributed by atoms with van der Waals surface area (Å²) in [5, 5.41) is 2.73. The van der Waals surface area contributed by atoms with Crippen molar-refractivity contribution < 1.29 is 9.18 Å². The Kier molecular flexibility index (Phi) is 3.74. The number of carbonyl (C=O) groups excluding carboxylic acids is 1. The van der Waals surface area contributed by atoms with Gasteiger partial charge in [0.05, 0.1) is 5.56 Å². The van der Waals surface area contributed by atoms with Crippen LogP contribution in [0.15, 0.2) is 30.3 Å². The number of rotatable bonds is 2. The highest BCUT2D eigenvalue weighted by Gasteiger charge is 2.15. The first-order valence-corrected chi connectivity index (χ1v) is 6.33. The maximum atomic E-state index is 14.0. The molecule has 2 aromatic rings. The van der Waals surface area contributed by atoms with Crippen LogP contribution in [0.25, 0.3) is 0 Å². The number of nitrogens with two attached hydrogens (primary N) is 1. The van der Waals surface area contributed by atoms with Gasteiger partial charge in [-0.2, -0.15) is 0 Å². The first-order chi connectivity index (χ1) is 9.40. The number of carbonyl (C=O) groups is 1. The van der Waals surface area contributed by atoms with E-state index in [1.54, 1.807) is 13.0 Å². The molecular formula is C16H17FN2O. The molecule has 0 fully saturated rings. The highest BCUT2D eigenvalue weighted by atomic mass is 19.1. The molecule has 0 unspecified atom stereocenters. The van der Waals surface area contributed by atoms with Gasteiger partial charge < -0.3 is 11.1 Å². The minimum atomic E-state index is -0.540. The highest BCUT2D eigenvalue weighted by molar-refractivity contribution is 6.05. The summed E-state index contributed by atoms with van der Waals surface area (Å²) < 4.78 is 14.0. The monoisotopic (exact) mass is 272 g/mol. The lowest BCUT2D eigenvalue weighted by Crippen LogP contribution is -2.16. The van der Waals surface area contributed by atoms with Crippen LogP contribution < -0.4 is 11.1 Å². The number of nitrogens with one attached hydrogen (secondary N) is 1. The van der Waals surface area contributed by atoms with E-state index in [1.165, 1.54) is 12.1 Å². The van der Waals surface area contributed by atoms with Crippen molar-refractivity contribution in [2.45, 2.75) is 20.8 Å². The van der Waals surface area contributed by atoms with E-state index in [-0.39, 0.29) is 5.56 Å². The summed E-state index contributed by atoms with van der Waals surface area (Å²) in [6.07, 6.45) is 0. The molecule has 104 valence electrons. The number of amides is 1. The van der Waals surface area contributed by atoms with Crippen molar-refractivity contribution in [2.75, 3.05) is 11.1 Å². The minimum Gasteiger partial charge on any atom is -0.399 e. The van der Waals surface area contributed by atoms with Gasteiger partial charge in [0.2, 0.25) is 0 Å². The van der Waals surface area contributed by atoms with Gasteiger partial charge in [-0.25, -0.2) is 4.39 Å². The number of nitrogen functional groups attached to an aromatic ring is 1. The van der Waals surface area contributed by atoms with E-state index < -0.39 is 11.7 Å². The van der Waals surface area contributed by atoms with Crippen LogP contribution in [-0.4, -0.2) is 5.91 Å². The van der Waals surface area contributed by atoms with E-state index in [0.717, 1.165) is 11.1 Å². The number of aryl methyl sites for hydroxylation is 2. The fourth-order valence-electron chi connectivity index (χ4n) is 2.04. The minimum absolute atomic E-state index is 0.0385.